The summed E-state index contributed by atoms with van der Waals surface area (Å²) in [5.41, 5.74) is 2.49. The Labute approximate surface area is 182 Å². The van der Waals surface area contributed by atoms with Crippen molar-refractivity contribution in [3.8, 4) is 11.4 Å². The van der Waals surface area contributed by atoms with Gasteiger partial charge in [0.15, 0.2) is 0 Å². The van der Waals surface area contributed by atoms with E-state index in [9.17, 15) is 22.4 Å². The number of aryl methyl sites for hydroxylation is 1. The van der Waals surface area contributed by atoms with Gasteiger partial charge in [0.05, 0.1) is 17.0 Å². The Morgan fingerprint density at radius 3 is 2.59 bits per heavy atom. The maximum absolute atomic E-state index is 14.0. The van der Waals surface area contributed by atoms with Crippen molar-refractivity contribution in [1.82, 2.24) is 20.1 Å². The molecule has 0 bridgehead atoms. The molecule has 1 aliphatic rings. The molecule has 0 radical (unpaired) electrons. The standard InChI is InChI=1S/C23H20F4N4O/c1-12(14-8-15(23(25,26)27)10-16(24)9-14)19-11-20(30-29-13(19)2)21-17-5-7-31(3)22(32)18(17)4-6-28-21/h4,6,8-12H,5,7H2,1-3H3/t12-/m1/s1. The molecular weight excluding hydrogens is 424 g/mol. The van der Waals surface area contributed by atoms with E-state index in [0.717, 1.165) is 17.7 Å². The van der Waals surface area contributed by atoms with Crippen molar-refractivity contribution in [3.05, 3.63) is 75.9 Å². The van der Waals surface area contributed by atoms with Crippen LogP contribution < -0.4 is 0 Å². The van der Waals surface area contributed by atoms with Crippen LogP contribution in [0, 0.1) is 12.7 Å². The van der Waals surface area contributed by atoms with E-state index in [1.54, 1.807) is 37.9 Å². The Balaban J connectivity index is 1.79. The molecule has 4 rings (SSSR count). The molecule has 0 spiro atoms. The number of benzene rings is 1. The van der Waals surface area contributed by atoms with Crippen LogP contribution in [-0.2, 0) is 12.6 Å². The normalized spacial score (nSPS) is 15.0. The van der Waals surface area contributed by atoms with Gasteiger partial charge in [0.2, 0.25) is 0 Å². The zero-order chi connectivity index (χ0) is 23.2. The number of fused-ring (bicyclic) bond motifs is 1. The van der Waals surface area contributed by atoms with Gasteiger partial charge < -0.3 is 4.90 Å². The molecule has 166 valence electrons. The van der Waals surface area contributed by atoms with E-state index in [1.807, 2.05) is 0 Å². The molecule has 0 saturated heterocycles. The van der Waals surface area contributed by atoms with E-state index in [0.29, 0.717) is 47.2 Å². The monoisotopic (exact) mass is 444 g/mol. The fourth-order valence-electron chi connectivity index (χ4n) is 3.98. The highest BCUT2D eigenvalue weighted by molar-refractivity contribution is 5.98. The zero-order valence-corrected chi connectivity index (χ0v) is 17.7. The largest absolute Gasteiger partial charge is 0.416 e. The highest BCUT2D eigenvalue weighted by Crippen LogP contribution is 2.35. The minimum absolute atomic E-state index is 0.108. The third kappa shape index (κ3) is 3.94. The smallest absolute Gasteiger partial charge is 0.341 e. The lowest BCUT2D eigenvalue weighted by molar-refractivity contribution is -0.137. The first-order valence-electron chi connectivity index (χ1n) is 10.0. The van der Waals surface area contributed by atoms with Gasteiger partial charge >= 0.3 is 6.18 Å². The topological polar surface area (TPSA) is 59.0 Å². The Morgan fingerprint density at radius 1 is 1.12 bits per heavy atom. The zero-order valence-electron chi connectivity index (χ0n) is 17.7. The first kappa shape index (κ1) is 21.9. The van der Waals surface area contributed by atoms with Gasteiger partial charge in [-0.1, -0.05) is 6.92 Å². The molecule has 3 aromatic rings. The van der Waals surface area contributed by atoms with Crippen molar-refractivity contribution < 1.29 is 22.4 Å². The highest BCUT2D eigenvalue weighted by Gasteiger charge is 2.32. The second kappa shape index (κ2) is 7.96. The number of halogens is 4. The molecular formula is C23H20F4N4O. The predicted octanol–water partition coefficient (Wildman–Crippen LogP) is 4.78. The van der Waals surface area contributed by atoms with Gasteiger partial charge in [-0.3, -0.25) is 9.78 Å². The molecule has 0 unspecified atom stereocenters. The summed E-state index contributed by atoms with van der Waals surface area (Å²) in [6, 6.07) is 5.89. The lowest BCUT2D eigenvalue weighted by Crippen LogP contribution is -2.34. The number of amides is 1. The van der Waals surface area contributed by atoms with E-state index in [1.165, 1.54) is 6.20 Å². The minimum atomic E-state index is -4.65. The third-order valence-electron chi connectivity index (χ3n) is 5.80. The minimum Gasteiger partial charge on any atom is -0.341 e. The predicted molar refractivity (Wildman–Crippen MR) is 110 cm³/mol. The van der Waals surface area contributed by atoms with Gasteiger partial charge in [-0.15, -0.1) is 5.10 Å². The molecule has 0 aliphatic carbocycles. The summed E-state index contributed by atoms with van der Waals surface area (Å²) in [4.78, 5) is 18.5. The molecule has 9 heteroatoms. The summed E-state index contributed by atoms with van der Waals surface area (Å²) >= 11 is 0. The van der Waals surface area contributed by atoms with E-state index in [2.05, 4.69) is 15.2 Å². The first-order valence-corrected chi connectivity index (χ1v) is 10.0. The van der Waals surface area contributed by atoms with Crippen LogP contribution in [0.25, 0.3) is 11.4 Å². The van der Waals surface area contributed by atoms with Gasteiger partial charge in [0.25, 0.3) is 5.91 Å². The van der Waals surface area contributed by atoms with E-state index in [4.69, 9.17) is 0 Å². The number of likely N-dealkylation sites (N-methyl/N-ethyl adjacent to an activating group) is 1. The fraction of sp³-hybridized carbons (Fsp3) is 0.304. The summed E-state index contributed by atoms with van der Waals surface area (Å²) < 4.78 is 53.5. The Hall–Kier alpha value is -3.36. The van der Waals surface area contributed by atoms with Gasteiger partial charge in [0, 0.05) is 31.3 Å². The van der Waals surface area contributed by atoms with Gasteiger partial charge in [-0.05, 0) is 60.4 Å². The van der Waals surface area contributed by atoms with Crippen molar-refractivity contribution >= 4 is 5.91 Å². The van der Waals surface area contributed by atoms with E-state index in [-0.39, 0.29) is 11.5 Å². The van der Waals surface area contributed by atoms with Crippen LogP contribution in [0.1, 0.15) is 51.1 Å². The SMILES string of the molecule is Cc1nnc(-c2nccc3c2CCN(C)C3=O)cc1[C@H](C)c1cc(F)cc(C(F)(F)F)c1. The Bertz CT molecular complexity index is 1210. The number of hydrogen-bond donors (Lipinski definition) is 0. The van der Waals surface area contributed by atoms with Crippen molar-refractivity contribution in [2.75, 3.05) is 13.6 Å². The van der Waals surface area contributed by atoms with E-state index >= 15 is 0 Å². The summed E-state index contributed by atoms with van der Waals surface area (Å²) in [5, 5.41) is 8.40. The molecule has 1 amide bonds. The molecule has 32 heavy (non-hydrogen) atoms. The molecule has 5 nitrogen and oxygen atoms in total. The molecule has 3 heterocycles. The van der Waals surface area contributed by atoms with Crippen molar-refractivity contribution in [2.24, 2.45) is 0 Å². The second-order valence-electron chi connectivity index (χ2n) is 7.93. The highest BCUT2D eigenvalue weighted by atomic mass is 19.4. The number of carbonyl (C=O) groups is 1. The molecule has 0 saturated carbocycles. The maximum atomic E-state index is 14.0. The van der Waals surface area contributed by atoms with Crippen LogP contribution in [-0.4, -0.2) is 39.6 Å². The average Bonchev–Trinajstić information content (AvgIpc) is 2.75. The van der Waals surface area contributed by atoms with Crippen LogP contribution in [0.5, 0.6) is 0 Å². The lowest BCUT2D eigenvalue weighted by Gasteiger charge is -2.26. The van der Waals surface area contributed by atoms with Gasteiger partial charge in [0.1, 0.15) is 11.5 Å². The lowest BCUT2D eigenvalue weighted by atomic mass is 9.90. The number of aromatic nitrogens is 3. The molecule has 1 aromatic carbocycles. The van der Waals surface area contributed by atoms with Crippen LogP contribution in [0.2, 0.25) is 0 Å². The number of hydrogen-bond acceptors (Lipinski definition) is 4. The third-order valence-corrected chi connectivity index (χ3v) is 5.80. The van der Waals surface area contributed by atoms with Crippen LogP contribution in [0.3, 0.4) is 0 Å². The van der Waals surface area contributed by atoms with Crippen molar-refractivity contribution in [2.45, 2.75) is 32.4 Å². The number of carbonyl (C=O) groups excluding carboxylic acids is 1. The fourth-order valence-corrected chi connectivity index (χ4v) is 3.98. The summed E-state index contributed by atoms with van der Waals surface area (Å²) in [5.74, 6) is -1.64. The van der Waals surface area contributed by atoms with Crippen LogP contribution >= 0.6 is 0 Å². The average molecular weight is 444 g/mol. The molecule has 1 atom stereocenters. The molecule has 1 aliphatic heterocycles. The van der Waals surface area contributed by atoms with Crippen molar-refractivity contribution in [1.29, 1.82) is 0 Å². The molecule has 0 fully saturated rings. The molecule has 0 N–H and O–H groups in total. The second-order valence-corrected chi connectivity index (χ2v) is 7.93. The summed E-state index contributed by atoms with van der Waals surface area (Å²) in [7, 11) is 1.73. The number of pyridine rings is 1. The van der Waals surface area contributed by atoms with Crippen LogP contribution in [0.4, 0.5) is 17.6 Å². The van der Waals surface area contributed by atoms with Gasteiger partial charge in [-0.25, -0.2) is 4.39 Å². The van der Waals surface area contributed by atoms with Crippen LogP contribution in [0.15, 0.2) is 36.5 Å². The summed E-state index contributed by atoms with van der Waals surface area (Å²) in [6.07, 6.45) is -2.53. The quantitative estimate of drug-likeness (QED) is 0.546. The number of rotatable bonds is 3. The van der Waals surface area contributed by atoms with E-state index < -0.39 is 23.5 Å². The number of nitrogens with zero attached hydrogens (tertiary/aromatic N) is 4. The summed E-state index contributed by atoms with van der Waals surface area (Å²) in [6.45, 7) is 3.92. The maximum Gasteiger partial charge on any atom is 0.416 e. The Kier molecular flexibility index (Phi) is 5.44. The first-order chi connectivity index (χ1) is 15.1. The molecule has 2 aromatic heterocycles. The number of alkyl halides is 3. The van der Waals surface area contributed by atoms with Gasteiger partial charge in [-0.2, -0.15) is 18.3 Å². The van der Waals surface area contributed by atoms with Crippen molar-refractivity contribution in [3.63, 3.8) is 0 Å². The Morgan fingerprint density at radius 2 is 1.88 bits per heavy atom.